The van der Waals surface area contributed by atoms with Gasteiger partial charge in [0, 0.05) is 32.3 Å². The molecular formula is C12H24N2O5S. The number of nitrogens with zero attached hydrogens (tertiary/aromatic N) is 2. The fourth-order valence-electron chi connectivity index (χ4n) is 2.15. The quantitative estimate of drug-likeness (QED) is 0.807. The number of amides is 1. The fourth-order valence-corrected chi connectivity index (χ4v) is 3.28. The van der Waals surface area contributed by atoms with Crippen LogP contribution in [-0.2, 0) is 14.8 Å². The van der Waals surface area contributed by atoms with Crippen molar-refractivity contribution in [2.45, 2.75) is 38.8 Å². The van der Waals surface area contributed by atoms with Crippen LogP contribution in [0.3, 0.4) is 0 Å². The van der Waals surface area contributed by atoms with Crippen molar-refractivity contribution in [1.29, 1.82) is 0 Å². The zero-order valence-corrected chi connectivity index (χ0v) is 13.3. The number of aliphatic hydroxyl groups is 1. The molecule has 0 radical (unpaired) electrons. The van der Waals surface area contributed by atoms with Crippen molar-refractivity contribution < 1.29 is 23.1 Å². The third-order valence-electron chi connectivity index (χ3n) is 2.97. The topological polar surface area (TPSA) is 87.2 Å². The normalized spacial score (nSPS) is 21.9. The van der Waals surface area contributed by atoms with Crippen LogP contribution in [0.2, 0.25) is 0 Å². The second-order valence-electron chi connectivity index (χ2n) is 5.97. The van der Waals surface area contributed by atoms with E-state index in [2.05, 4.69) is 0 Å². The van der Waals surface area contributed by atoms with Gasteiger partial charge < -0.3 is 14.7 Å². The molecule has 1 fully saturated rings. The molecule has 0 bridgehead atoms. The number of carbonyl (C=O) groups excluding carboxylic acids is 1. The van der Waals surface area contributed by atoms with Gasteiger partial charge in [-0.25, -0.2) is 13.2 Å². The molecule has 1 aliphatic heterocycles. The van der Waals surface area contributed by atoms with Crippen LogP contribution in [0.4, 0.5) is 4.79 Å². The van der Waals surface area contributed by atoms with E-state index in [1.165, 1.54) is 9.21 Å². The van der Waals surface area contributed by atoms with Crippen molar-refractivity contribution >= 4 is 16.1 Å². The molecule has 7 nitrogen and oxygen atoms in total. The summed E-state index contributed by atoms with van der Waals surface area (Å²) >= 11 is 0. The van der Waals surface area contributed by atoms with Crippen LogP contribution >= 0.6 is 0 Å². The first-order valence-corrected chi connectivity index (χ1v) is 8.45. The smallest absolute Gasteiger partial charge is 0.410 e. The van der Waals surface area contributed by atoms with E-state index in [0.717, 1.165) is 6.26 Å². The summed E-state index contributed by atoms with van der Waals surface area (Å²) in [6.45, 7) is 5.97. The van der Waals surface area contributed by atoms with Crippen molar-refractivity contribution in [2.24, 2.45) is 0 Å². The highest BCUT2D eigenvalue weighted by Crippen LogP contribution is 2.18. The molecule has 0 aromatic rings. The first-order chi connectivity index (χ1) is 9.04. The van der Waals surface area contributed by atoms with Crippen molar-refractivity contribution in [3.63, 3.8) is 0 Å². The lowest BCUT2D eigenvalue weighted by molar-refractivity contribution is 0.0115. The second kappa shape index (κ2) is 6.28. The lowest BCUT2D eigenvalue weighted by atomic mass is 10.1. The van der Waals surface area contributed by atoms with Crippen LogP contribution in [-0.4, -0.2) is 73.0 Å². The number of hydrogen-bond donors (Lipinski definition) is 1. The molecule has 0 spiro atoms. The van der Waals surface area contributed by atoms with Gasteiger partial charge in [-0.15, -0.1) is 0 Å². The molecule has 1 atom stereocenters. The minimum atomic E-state index is -3.34. The van der Waals surface area contributed by atoms with Crippen LogP contribution in [0, 0.1) is 0 Å². The number of hydrogen-bond acceptors (Lipinski definition) is 5. The highest BCUT2D eigenvalue weighted by atomic mass is 32.2. The summed E-state index contributed by atoms with van der Waals surface area (Å²) < 4.78 is 30.0. The maximum absolute atomic E-state index is 12.0. The van der Waals surface area contributed by atoms with Crippen LogP contribution in [0.15, 0.2) is 0 Å². The highest BCUT2D eigenvalue weighted by molar-refractivity contribution is 7.88. The molecule has 1 aliphatic rings. The number of piperazine rings is 1. The standard InChI is InChI=1S/C12H24N2O5S/c1-12(2,3)19-11(16)13-6-7-14(20(4,17)18)10(9-13)5-8-15/h10,15H,5-9H2,1-4H3. The Morgan fingerprint density at radius 3 is 2.40 bits per heavy atom. The van der Waals surface area contributed by atoms with Gasteiger partial charge in [-0.05, 0) is 27.2 Å². The predicted molar refractivity (Wildman–Crippen MR) is 74.8 cm³/mol. The fraction of sp³-hybridized carbons (Fsp3) is 0.917. The number of ether oxygens (including phenoxy) is 1. The van der Waals surface area contributed by atoms with E-state index in [1.54, 1.807) is 20.8 Å². The Balaban J connectivity index is 2.76. The van der Waals surface area contributed by atoms with E-state index in [4.69, 9.17) is 9.84 Å². The molecule has 1 unspecified atom stereocenters. The summed E-state index contributed by atoms with van der Waals surface area (Å²) in [6, 6.07) is -0.406. The SMILES string of the molecule is CC(C)(C)OC(=O)N1CCN(S(C)(=O)=O)C(CCO)C1. The molecule has 1 heterocycles. The van der Waals surface area contributed by atoms with Gasteiger partial charge >= 0.3 is 6.09 Å². The molecule has 0 saturated carbocycles. The Morgan fingerprint density at radius 1 is 1.35 bits per heavy atom. The Bertz CT molecular complexity index is 443. The summed E-state index contributed by atoms with van der Waals surface area (Å²) in [5.74, 6) is 0. The maximum Gasteiger partial charge on any atom is 0.410 e. The van der Waals surface area contributed by atoms with Gasteiger partial charge in [-0.3, -0.25) is 0 Å². The zero-order chi connectivity index (χ0) is 15.6. The molecule has 1 amide bonds. The van der Waals surface area contributed by atoms with Crippen LogP contribution < -0.4 is 0 Å². The van der Waals surface area contributed by atoms with Gasteiger partial charge in [0.25, 0.3) is 0 Å². The third kappa shape index (κ3) is 4.92. The molecule has 20 heavy (non-hydrogen) atoms. The Hall–Kier alpha value is -0.860. The van der Waals surface area contributed by atoms with Crippen molar-refractivity contribution in [3.05, 3.63) is 0 Å². The van der Waals surface area contributed by atoms with E-state index in [0.29, 0.717) is 13.0 Å². The van der Waals surface area contributed by atoms with Crippen molar-refractivity contribution in [2.75, 3.05) is 32.5 Å². The minimum Gasteiger partial charge on any atom is -0.444 e. The number of sulfonamides is 1. The highest BCUT2D eigenvalue weighted by Gasteiger charge is 2.35. The van der Waals surface area contributed by atoms with Gasteiger partial charge in [0.15, 0.2) is 0 Å². The number of rotatable bonds is 3. The molecule has 118 valence electrons. The summed E-state index contributed by atoms with van der Waals surface area (Å²) in [7, 11) is -3.34. The summed E-state index contributed by atoms with van der Waals surface area (Å²) in [5, 5.41) is 9.06. The van der Waals surface area contributed by atoms with Crippen molar-refractivity contribution in [1.82, 2.24) is 9.21 Å². The zero-order valence-electron chi connectivity index (χ0n) is 12.5. The Labute approximate surface area is 120 Å². The molecule has 0 aromatic carbocycles. The van der Waals surface area contributed by atoms with E-state index in [9.17, 15) is 13.2 Å². The molecule has 0 aliphatic carbocycles. The average molecular weight is 308 g/mol. The minimum absolute atomic E-state index is 0.126. The Kier molecular flexibility index (Phi) is 5.39. The molecule has 0 aromatic heterocycles. The molecular weight excluding hydrogens is 284 g/mol. The number of aliphatic hydroxyl groups excluding tert-OH is 1. The van der Waals surface area contributed by atoms with E-state index in [1.807, 2.05) is 0 Å². The summed E-state index contributed by atoms with van der Waals surface area (Å²) in [4.78, 5) is 13.5. The van der Waals surface area contributed by atoms with E-state index >= 15 is 0 Å². The average Bonchev–Trinajstić information content (AvgIpc) is 2.25. The largest absolute Gasteiger partial charge is 0.444 e. The first-order valence-electron chi connectivity index (χ1n) is 6.60. The summed E-state index contributed by atoms with van der Waals surface area (Å²) in [5.41, 5.74) is -0.586. The van der Waals surface area contributed by atoms with Gasteiger partial charge in [-0.1, -0.05) is 0 Å². The number of carbonyl (C=O) groups is 1. The lowest BCUT2D eigenvalue weighted by Gasteiger charge is -2.40. The van der Waals surface area contributed by atoms with Crippen LogP contribution in [0.1, 0.15) is 27.2 Å². The molecule has 1 rings (SSSR count). The third-order valence-corrected chi connectivity index (χ3v) is 4.30. The van der Waals surface area contributed by atoms with E-state index in [-0.39, 0.29) is 19.7 Å². The van der Waals surface area contributed by atoms with Gasteiger partial charge in [0.1, 0.15) is 5.60 Å². The van der Waals surface area contributed by atoms with Gasteiger partial charge in [-0.2, -0.15) is 4.31 Å². The lowest BCUT2D eigenvalue weighted by Crippen LogP contribution is -2.57. The molecule has 1 saturated heterocycles. The van der Waals surface area contributed by atoms with Crippen LogP contribution in [0.5, 0.6) is 0 Å². The maximum atomic E-state index is 12.0. The predicted octanol–water partition coefficient (Wildman–Crippen LogP) is 0.250. The summed E-state index contributed by atoms with van der Waals surface area (Å²) in [6.07, 6.45) is 0.987. The monoisotopic (exact) mass is 308 g/mol. The second-order valence-corrected chi connectivity index (χ2v) is 7.90. The Morgan fingerprint density at radius 2 is 1.95 bits per heavy atom. The van der Waals surface area contributed by atoms with Crippen molar-refractivity contribution in [3.8, 4) is 0 Å². The van der Waals surface area contributed by atoms with E-state index < -0.39 is 27.8 Å². The molecule has 1 N–H and O–H groups in total. The van der Waals surface area contributed by atoms with Gasteiger partial charge in [0.2, 0.25) is 10.0 Å². The van der Waals surface area contributed by atoms with Crippen LogP contribution in [0.25, 0.3) is 0 Å². The first kappa shape index (κ1) is 17.2. The molecule has 8 heteroatoms. The van der Waals surface area contributed by atoms with Gasteiger partial charge in [0.05, 0.1) is 6.26 Å².